The van der Waals surface area contributed by atoms with E-state index in [2.05, 4.69) is 5.32 Å². The molecule has 0 saturated carbocycles. The number of morpholine rings is 1. The van der Waals surface area contributed by atoms with Gasteiger partial charge in [-0.3, -0.25) is 4.79 Å². The number of benzene rings is 2. The largest absolute Gasteiger partial charge is 0.378 e. The van der Waals surface area contributed by atoms with E-state index in [-0.39, 0.29) is 18.7 Å². The lowest BCUT2D eigenvalue weighted by molar-refractivity contribution is 0.102. The average molecular weight is 470 g/mol. The van der Waals surface area contributed by atoms with E-state index < -0.39 is 26.6 Å². The van der Waals surface area contributed by atoms with E-state index in [1.54, 1.807) is 32.0 Å². The third-order valence-electron chi connectivity index (χ3n) is 5.08. The van der Waals surface area contributed by atoms with Gasteiger partial charge in [0.15, 0.2) is 0 Å². The summed E-state index contributed by atoms with van der Waals surface area (Å²) in [4.78, 5) is 14.4. The fraction of sp³-hybridized carbons (Fsp3) is 0.381. The van der Waals surface area contributed by atoms with Gasteiger partial charge < -0.3 is 15.0 Å². The summed E-state index contributed by atoms with van der Waals surface area (Å²) in [5.74, 6) is -1.46. The molecule has 2 aromatic carbocycles. The summed E-state index contributed by atoms with van der Waals surface area (Å²) >= 11 is 6.40. The number of carbonyl (C=O) groups is 1. The lowest BCUT2D eigenvalue weighted by atomic mass is 10.2. The van der Waals surface area contributed by atoms with Crippen LogP contribution in [0.3, 0.4) is 0 Å². The molecule has 0 bridgehead atoms. The van der Waals surface area contributed by atoms with Crippen LogP contribution in [-0.4, -0.2) is 58.0 Å². The molecule has 1 aliphatic heterocycles. The monoisotopic (exact) mass is 469 g/mol. The molecular formula is C21H25ClFN3O4S. The highest BCUT2D eigenvalue weighted by atomic mass is 35.5. The standard InChI is InChI=1S/C21H25ClFN3O4S/c1-3-26(4-2)31(28,29)19-14-15(8-9-17(19)23)21(27)24-18-7-5-6-16(22)20(18)25-10-12-30-13-11-25/h5-9,14H,3-4,10-13H2,1-2H3,(H,24,27). The van der Waals surface area contributed by atoms with Crippen LogP contribution in [0, 0.1) is 5.82 Å². The van der Waals surface area contributed by atoms with Crippen LogP contribution in [0.25, 0.3) is 0 Å². The second-order valence-electron chi connectivity index (χ2n) is 6.92. The van der Waals surface area contributed by atoms with E-state index in [0.29, 0.717) is 42.7 Å². The van der Waals surface area contributed by atoms with E-state index in [0.717, 1.165) is 16.4 Å². The minimum atomic E-state index is -4.06. The van der Waals surface area contributed by atoms with Crippen LogP contribution in [0.5, 0.6) is 0 Å². The van der Waals surface area contributed by atoms with Gasteiger partial charge >= 0.3 is 0 Å². The minimum Gasteiger partial charge on any atom is -0.378 e. The first-order chi connectivity index (χ1) is 14.8. The number of hydrogen-bond acceptors (Lipinski definition) is 5. The van der Waals surface area contributed by atoms with Crippen molar-refractivity contribution >= 4 is 38.9 Å². The number of para-hydroxylation sites is 1. The van der Waals surface area contributed by atoms with Crippen molar-refractivity contribution in [1.82, 2.24) is 4.31 Å². The van der Waals surface area contributed by atoms with Crippen LogP contribution in [-0.2, 0) is 14.8 Å². The Kier molecular flexibility index (Phi) is 7.53. The first-order valence-electron chi connectivity index (χ1n) is 10.0. The second kappa shape index (κ2) is 9.95. The summed E-state index contributed by atoms with van der Waals surface area (Å²) in [6, 6.07) is 8.47. The number of nitrogens with one attached hydrogen (secondary N) is 1. The maximum absolute atomic E-state index is 14.4. The van der Waals surface area contributed by atoms with Crippen molar-refractivity contribution < 1.29 is 22.3 Å². The van der Waals surface area contributed by atoms with E-state index in [1.165, 1.54) is 6.07 Å². The fourth-order valence-corrected chi connectivity index (χ4v) is 5.31. The Bertz CT molecular complexity index is 1050. The van der Waals surface area contributed by atoms with Gasteiger partial charge in [-0.25, -0.2) is 12.8 Å². The third kappa shape index (κ3) is 5.01. The van der Waals surface area contributed by atoms with Crippen molar-refractivity contribution in [3.8, 4) is 0 Å². The Labute approximate surface area is 186 Å². The molecule has 0 spiro atoms. The van der Waals surface area contributed by atoms with Gasteiger partial charge in [0.1, 0.15) is 10.7 Å². The van der Waals surface area contributed by atoms with Gasteiger partial charge in [0.05, 0.1) is 29.6 Å². The van der Waals surface area contributed by atoms with Crippen LogP contribution in [0.2, 0.25) is 5.02 Å². The van der Waals surface area contributed by atoms with Gasteiger partial charge in [-0.05, 0) is 30.3 Å². The molecule has 1 amide bonds. The van der Waals surface area contributed by atoms with Gasteiger partial charge in [0.25, 0.3) is 5.91 Å². The Morgan fingerprint density at radius 1 is 1.19 bits per heavy atom. The molecule has 7 nitrogen and oxygen atoms in total. The number of rotatable bonds is 7. The quantitative estimate of drug-likeness (QED) is 0.670. The summed E-state index contributed by atoms with van der Waals surface area (Å²) in [5.41, 5.74) is 1.18. The fourth-order valence-electron chi connectivity index (χ4n) is 3.46. The number of nitrogens with zero attached hydrogens (tertiary/aromatic N) is 2. The van der Waals surface area contributed by atoms with Crippen LogP contribution in [0.1, 0.15) is 24.2 Å². The van der Waals surface area contributed by atoms with Crippen molar-refractivity contribution in [3.63, 3.8) is 0 Å². The molecule has 0 radical (unpaired) electrons. The van der Waals surface area contributed by atoms with Crippen LogP contribution in [0.4, 0.5) is 15.8 Å². The number of ether oxygens (including phenoxy) is 1. The number of amides is 1. The summed E-state index contributed by atoms with van der Waals surface area (Å²) in [5, 5.41) is 3.26. The zero-order valence-corrected chi connectivity index (χ0v) is 19.0. The van der Waals surface area contributed by atoms with Crippen molar-refractivity contribution in [2.45, 2.75) is 18.7 Å². The summed E-state index contributed by atoms with van der Waals surface area (Å²) in [7, 11) is -4.06. The van der Waals surface area contributed by atoms with Gasteiger partial charge in [-0.1, -0.05) is 31.5 Å². The molecule has 1 N–H and O–H groups in total. The molecule has 31 heavy (non-hydrogen) atoms. The van der Waals surface area contributed by atoms with E-state index in [9.17, 15) is 17.6 Å². The third-order valence-corrected chi connectivity index (χ3v) is 7.45. The highest BCUT2D eigenvalue weighted by Crippen LogP contribution is 2.35. The van der Waals surface area contributed by atoms with E-state index >= 15 is 0 Å². The van der Waals surface area contributed by atoms with E-state index in [4.69, 9.17) is 16.3 Å². The molecular weight excluding hydrogens is 445 g/mol. The molecule has 10 heteroatoms. The first-order valence-corrected chi connectivity index (χ1v) is 11.8. The first kappa shape index (κ1) is 23.5. The Hall–Kier alpha value is -2.20. The molecule has 3 rings (SSSR count). The molecule has 168 valence electrons. The van der Waals surface area contributed by atoms with Gasteiger partial charge in [-0.2, -0.15) is 4.31 Å². The maximum atomic E-state index is 14.4. The second-order valence-corrected chi connectivity index (χ2v) is 9.24. The highest BCUT2D eigenvalue weighted by molar-refractivity contribution is 7.89. The summed E-state index contributed by atoms with van der Waals surface area (Å²) < 4.78 is 46.4. The zero-order valence-electron chi connectivity index (χ0n) is 17.4. The smallest absolute Gasteiger partial charge is 0.255 e. The molecule has 0 aromatic heterocycles. The predicted molar refractivity (Wildman–Crippen MR) is 119 cm³/mol. The zero-order chi connectivity index (χ0) is 22.6. The molecule has 1 fully saturated rings. The summed E-state index contributed by atoms with van der Waals surface area (Å²) in [6.07, 6.45) is 0. The lowest BCUT2D eigenvalue weighted by Gasteiger charge is -2.31. The van der Waals surface area contributed by atoms with Crippen LogP contribution < -0.4 is 10.2 Å². The molecule has 1 saturated heterocycles. The van der Waals surface area contributed by atoms with Crippen LogP contribution in [0.15, 0.2) is 41.3 Å². The maximum Gasteiger partial charge on any atom is 0.255 e. The predicted octanol–water partition coefficient (Wildman–Crippen LogP) is 3.60. The molecule has 2 aromatic rings. The van der Waals surface area contributed by atoms with Crippen LogP contribution >= 0.6 is 11.6 Å². The molecule has 1 heterocycles. The Balaban J connectivity index is 1.93. The van der Waals surface area contributed by atoms with Crippen molar-refractivity contribution in [2.75, 3.05) is 49.6 Å². The Morgan fingerprint density at radius 2 is 1.87 bits per heavy atom. The van der Waals surface area contributed by atoms with Gasteiger partial charge in [-0.15, -0.1) is 0 Å². The minimum absolute atomic E-state index is 0.0278. The number of sulfonamides is 1. The SMILES string of the molecule is CCN(CC)S(=O)(=O)c1cc(C(=O)Nc2cccc(Cl)c2N2CCOCC2)ccc1F. The number of halogens is 2. The topological polar surface area (TPSA) is 79.0 Å². The van der Waals surface area contributed by atoms with Crippen molar-refractivity contribution in [3.05, 3.63) is 52.8 Å². The molecule has 1 aliphatic rings. The van der Waals surface area contributed by atoms with Gasteiger partial charge in [0.2, 0.25) is 10.0 Å². The van der Waals surface area contributed by atoms with Gasteiger partial charge in [0, 0.05) is 31.7 Å². The molecule has 0 unspecified atom stereocenters. The molecule has 0 atom stereocenters. The molecule has 0 aliphatic carbocycles. The van der Waals surface area contributed by atoms with Crippen molar-refractivity contribution in [2.24, 2.45) is 0 Å². The Morgan fingerprint density at radius 3 is 2.52 bits per heavy atom. The lowest BCUT2D eigenvalue weighted by Crippen LogP contribution is -2.37. The number of hydrogen-bond donors (Lipinski definition) is 1. The number of carbonyl (C=O) groups excluding carboxylic acids is 1. The number of anilines is 2. The summed E-state index contributed by atoms with van der Waals surface area (Å²) in [6.45, 7) is 6.06. The normalized spacial score (nSPS) is 14.7. The van der Waals surface area contributed by atoms with E-state index in [1.807, 2.05) is 4.90 Å². The highest BCUT2D eigenvalue weighted by Gasteiger charge is 2.27. The average Bonchev–Trinajstić information content (AvgIpc) is 2.75. The van der Waals surface area contributed by atoms with Crippen molar-refractivity contribution in [1.29, 1.82) is 0 Å².